The monoisotopic (exact) mass is 499 g/mol. The third-order valence-corrected chi connectivity index (χ3v) is 7.33. The van der Waals surface area contributed by atoms with Crippen LogP contribution in [0.4, 0.5) is 0 Å². The number of aromatic nitrogens is 1. The smallest absolute Gasteiger partial charge is 0.130 e. The zero-order chi connectivity index (χ0) is 24.7. The van der Waals surface area contributed by atoms with Crippen molar-refractivity contribution in [3.05, 3.63) is 95.1 Å². The molecule has 2 heterocycles. The van der Waals surface area contributed by atoms with E-state index in [0.717, 1.165) is 74.1 Å². The number of halogens is 1. The van der Waals surface area contributed by atoms with Gasteiger partial charge in [-0.3, -0.25) is 14.8 Å². The number of nitrogens with zero attached hydrogens (tertiary/aromatic N) is 3. The maximum absolute atomic E-state index is 6.41. The average molecular weight is 500 g/mol. The van der Waals surface area contributed by atoms with E-state index in [4.69, 9.17) is 21.3 Å². The van der Waals surface area contributed by atoms with E-state index in [-0.39, 0.29) is 0 Å². The van der Waals surface area contributed by atoms with Crippen LogP contribution in [0.1, 0.15) is 24.5 Å². The molecule has 5 rings (SSSR count). The van der Waals surface area contributed by atoms with Crippen LogP contribution in [0.3, 0.4) is 0 Å². The van der Waals surface area contributed by atoms with Crippen LogP contribution in [0.15, 0.2) is 79.0 Å². The van der Waals surface area contributed by atoms with Crippen molar-refractivity contribution >= 4 is 22.4 Å². The van der Waals surface area contributed by atoms with Crippen LogP contribution in [0, 0.1) is 0 Å². The first-order chi connectivity index (χ1) is 17.7. The van der Waals surface area contributed by atoms with Crippen LogP contribution in [0.25, 0.3) is 22.0 Å². The minimum absolute atomic E-state index is 0.713. The number of benzene rings is 3. The zero-order valence-corrected chi connectivity index (χ0v) is 21.8. The van der Waals surface area contributed by atoms with Crippen molar-refractivity contribution in [2.45, 2.75) is 26.3 Å². The Kier molecular flexibility index (Phi) is 8.17. The van der Waals surface area contributed by atoms with E-state index in [2.05, 4.69) is 71.3 Å². The van der Waals surface area contributed by atoms with E-state index >= 15 is 0 Å². The van der Waals surface area contributed by atoms with E-state index < -0.39 is 0 Å². The number of fused-ring (bicyclic) bond motifs is 1. The molecular weight excluding hydrogens is 466 g/mol. The SMILES string of the molecule is CCc1ccc2ccccc2c1OCCN1CCCN(Cc2cccnc2-c2ccc(Cl)cc2)CC1. The quantitative estimate of drug-likeness (QED) is 0.269. The summed E-state index contributed by atoms with van der Waals surface area (Å²) in [7, 11) is 0. The molecule has 0 aliphatic carbocycles. The summed E-state index contributed by atoms with van der Waals surface area (Å²) >= 11 is 6.10. The van der Waals surface area contributed by atoms with Gasteiger partial charge in [0.1, 0.15) is 12.4 Å². The molecule has 3 aromatic carbocycles. The molecule has 0 atom stereocenters. The Labute approximate surface area is 219 Å². The minimum atomic E-state index is 0.713. The van der Waals surface area contributed by atoms with Crippen LogP contribution in [0.2, 0.25) is 5.02 Å². The van der Waals surface area contributed by atoms with Gasteiger partial charge in [0.2, 0.25) is 0 Å². The number of ether oxygens (including phenoxy) is 1. The summed E-state index contributed by atoms with van der Waals surface area (Å²) in [6, 6.07) is 25.1. The lowest BCUT2D eigenvalue weighted by Gasteiger charge is -2.23. The highest BCUT2D eigenvalue weighted by Gasteiger charge is 2.17. The Morgan fingerprint density at radius 1 is 0.833 bits per heavy atom. The molecule has 0 radical (unpaired) electrons. The molecule has 0 unspecified atom stereocenters. The van der Waals surface area contributed by atoms with Crippen molar-refractivity contribution in [2.75, 3.05) is 39.3 Å². The van der Waals surface area contributed by atoms with Crippen molar-refractivity contribution in [2.24, 2.45) is 0 Å². The summed E-state index contributed by atoms with van der Waals surface area (Å²) in [5.74, 6) is 1.05. The number of hydrogen-bond acceptors (Lipinski definition) is 4. The molecule has 0 saturated carbocycles. The molecule has 0 amide bonds. The van der Waals surface area contributed by atoms with Crippen LogP contribution in [0.5, 0.6) is 5.75 Å². The highest BCUT2D eigenvalue weighted by Crippen LogP contribution is 2.30. The third-order valence-electron chi connectivity index (χ3n) is 7.08. The van der Waals surface area contributed by atoms with Crippen LogP contribution in [-0.4, -0.2) is 54.1 Å². The Morgan fingerprint density at radius 3 is 2.50 bits per heavy atom. The van der Waals surface area contributed by atoms with E-state index in [9.17, 15) is 0 Å². The fourth-order valence-electron chi connectivity index (χ4n) is 5.09. The fourth-order valence-corrected chi connectivity index (χ4v) is 5.22. The fraction of sp³-hybridized carbons (Fsp3) is 0.323. The summed E-state index contributed by atoms with van der Waals surface area (Å²) in [6.07, 6.45) is 4.01. The van der Waals surface area contributed by atoms with Crippen LogP contribution in [-0.2, 0) is 13.0 Å². The molecule has 1 aromatic heterocycles. The molecule has 0 N–H and O–H groups in total. The van der Waals surface area contributed by atoms with Crippen molar-refractivity contribution in [3.63, 3.8) is 0 Å². The lowest BCUT2D eigenvalue weighted by Crippen LogP contribution is -2.33. The summed E-state index contributed by atoms with van der Waals surface area (Å²) in [4.78, 5) is 9.79. The summed E-state index contributed by atoms with van der Waals surface area (Å²) < 4.78 is 6.41. The molecule has 4 nitrogen and oxygen atoms in total. The van der Waals surface area contributed by atoms with Crippen molar-refractivity contribution < 1.29 is 4.74 Å². The summed E-state index contributed by atoms with van der Waals surface area (Å²) in [5, 5.41) is 3.20. The minimum Gasteiger partial charge on any atom is -0.491 e. The Morgan fingerprint density at radius 2 is 1.64 bits per heavy atom. The van der Waals surface area contributed by atoms with Gasteiger partial charge in [-0.05, 0) is 60.6 Å². The van der Waals surface area contributed by atoms with Crippen molar-refractivity contribution in [1.82, 2.24) is 14.8 Å². The zero-order valence-electron chi connectivity index (χ0n) is 21.0. The maximum atomic E-state index is 6.41. The lowest BCUT2D eigenvalue weighted by molar-refractivity contribution is 0.208. The average Bonchev–Trinajstić information content (AvgIpc) is 3.14. The predicted octanol–water partition coefficient (Wildman–Crippen LogP) is 6.70. The highest BCUT2D eigenvalue weighted by molar-refractivity contribution is 6.30. The van der Waals surface area contributed by atoms with E-state index in [1.165, 1.54) is 21.9 Å². The molecule has 1 aliphatic heterocycles. The Bertz CT molecular complexity index is 1290. The van der Waals surface area contributed by atoms with Gasteiger partial charge in [0.05, 0.1) is 5.69 Å². The first-order valence-electron chi connectivity index (χ1n) is 13.0. The lowest BCUT2D eigenvalue weighted by atomic mass is 10.0. The topological polar surface area (TPSA) is 28.6 Å². The van der Waals surface area contributed by atoms with Gasteiger partial charge in [-0.1, -0.05) is 73.1 Å². The first kappa shape index (κ1) is 24.8. The molecule has 0 bridgehead atoms. The third kappa shape index (κ3) is 5.89. The van der Waals surface area contributed by atoms with Gasteiger partial charge in [-0.2, -0.15) is 0 Å². The molecule has 1 fully saturated rings. The van der Waals surface area contributed by atoms with E-state index in [1.54, 1.807) is 0 Å². The van der Waals surface area contributed by atoms with Gasteiger partial charge in [0.15, 0.2) is 0 Å². The maximum Gasteiger partial charge on any atom is 0.130 e. The van der Waals surface area contributed by atoms with E-state index in [1.807, 2.05) is 24.4 Å². The number of pyridine rings is 1. The first-order valence-corrected chi connectivity index (χ1v) is 13.4. The summed E-state index contributed by atoms with van der Waals surface area (Å²) in [6.45, 7) is 9.06. The number of rotatable bonds is 8. The van der Waals surface area contributed by atoms with Crippen LogP contribution < -0.4 is 4.74 Å². The molecule has 1 saturated heterocycles. The molecule has 186 valence electrons. The van der Waals surface area contributed by atoms with Gasteiger partial charge in [0.25, 0.3) is 0 Å². The Balaban J connectivity index is 1.18. The number of hydrogen-bond donors (Lipinski definition) is 0. The van der Waals surface area contributed by atoms with Crippen LogP contribution >= 0.6 is 11.6 Å². The highest BCUT2D eigenvalue weighted by atomic mass is 35.5. The number of aryl methyl sites for hydroxylation is 1. The van der Waals surface area contributed by atoms with Gasteiger partial charge >= 0.3 is 0 Å². The second-order valence-electron chi connectivity index (χ2n) is 9.47. The van der Waals surface area contributed by atoms with Gasteiger partial charge in [0, 0.05) is 48.3 Å². The van der Waals surface area contributed by atoms with Crippen molar-refractivity contribution in [3.8, 4) is 17.0 Å². The second kappa shape index (κ2) is 11.9. The molecule has 36 heavy (non-hydrogen) atoms. The normalized spacial score (nSPS) is 15.2. The van der Waals surface area contributed by atoms with E-state index in [0.29, 0.717) is 6.61 Å². The van der Waals surface area contributed by atoms with Gasteiger partial charge in [-0.25, -0.2) is 0 Å². The van der Waals surface area contributed by atoms with Crippen molar-refractivity contribution in [1.29, 1.82) is 0 Å². The predicted molar refractivity (Wildman–Crippen MR) is 150 cm³/mol. The molecule has 4 aromatic rings. The molecule has 0 spiro atoms. The van der Waals surface area contributed by atoms with Gasteiger partial charge in [-0.15, -0.1) is 0 Å². The molecule has 5 heteroatoms. The largest absolute Gasteiger partial charge is 0.491 e. The standard InChI is InChI=1S/C31H34ClN3O/c1-2-24-10-11-25-7-3-4-9-29(25)31(24)36-22-21-34-17-6-18-35(20-19-34)23-27-8-5-16-33-30(27)26-12-14-28(32)15-13-26/h3-5,7-16H,2,6,17-23H2,1H3. The molecular formula is C31H34ClN3O. The Hall–Kier alpha value is -2.92. The van der Waals surface area contributed by atoms with Gasteiger partial charge < -0.3 is 4.74 Å². The molecule has 1 aliphatic rings. The summed E-state index contributed by atoms with van der Waals surface area (Å²) in [5.41, 5.74) is 4.71. The second-order valence-corrected chi connectivity index (χ2v) is 9.90.